The third kappa shape index (κ3) is 3.81. The highest BCUT2D eigenvalue weighted by Gasteiger charge is 2.24. The monoisotopic (exact) mass is 273 g/mol. The van der Waals surface area contributed by atoms with Gasteiger partial charge in [0, 0.05) is 11.6 Å². The van der Waals surface area contributed by atoms with Gasteiger partial charge in [0.1, 0.15) is 12.4 Å². The zero-order valence-electron chi connectivity index (χ0n) is 11.1. The number of carbonyl (C=O) groups excluding carboxylic acids is 1. The number of fused-ring (bicyclic) bond motifs is 1. The quantitative estimate of drug-likeness (QED) is 0.855. The molecule has 1 aliphatic heterocycles. The summed E-state index contributed by atoms with van der Waals surface area (Å²) in [5, 5.41) is 2.52. The maximum absolute atomic E-state index is 13.3. The molecule has 1 atom stereocenters. The number of nitrogens with one attached hydrogen (secondary N) is 1. The van der Waals surface area contributed by atoms with Gasteiger partial charge in [-0.15, -0.1) is 0 Å². The van der Waals surface area contributed by atoms with E-state index in [2.05, 4.69) is 10.1 Å². The van der Waals surface area contributed by atoms with Crippen molar-refractivity contribution in [3.05, 3.63) is 29.3 Å². The molecular formula is C13H17F2NO3. The standard InChI is InChI=1S/C11H11F2NO3.C2H6/c1-16-11(15)14-8-3-6-2-7(12)4-9(13)10(6)17-5-8;1-2/h2,4,8H,3,5H2,1H3,(H,14,15);1-2H3. The summed E-state index contributed by atoms with van der Waals surface area (Å²) in [7, 11) is 1.24. The highest BCUT2D eigenvalue weighted by molar-refractivity contribution is 5.67. The molecule has 19 heavy (non-hydrogen) atoms. The third-order valence-electron chi connectivity index (χ3n) is 2.49. The van der Waals surface area contributed by atoms with E-state index in [9.17, 15) is 13.6 Å². The van der Waals surface area contributed by atoms with E-state index in [1.54, 1.807) is 0 Å². The number of amides is 1. The van der Waals surface area contributed by atoms with Crippen molar-refractivity contribution in [2.45, 2.75) is 26.3 Å². The second kappa shape index (κ2) is 6.92. The van der Waals surface area contributed by atoms with Crippen LogP contribution in [0, 0.1) is 11.6 Å². The van der Waals surface area contributed by atoms with Gasteiger partial charge in [-0.2, -0.15) is 0 Å². The first-order valence-corrected chi connectivity index (χ1v) is 6.05. The van der Waals surface area contributed by atoms with Crippen molar-refractivity contribution >= 4 is 6.09 Å². The molecule has 0 saturated heterocycles. The molecule has 1 unspecified atom stereocenters. The number of carbonyl (C=O) groups is 1. The lowest BCUT2D eigenvalue weighted by Crippen LogP contribution is -2.42. The Kier molecular flexibility index (Phi) is 5.54. The van der Waals surface area contributed by atoms with Crippen LogP contribution in [0.15, 0.2) is 12.1 Å². The lowest BCUT2D eigenvalue weighted by atomic mass is 10.0. The van der Waals surface area contributed by atoms with Crippen LogP contribution in [0.5, 0.6) is 5.75 Å². The Labute approximate surface area is 110 Å². The summed E-state index contributed by atoms with van der Waals surface area (Å²) in [6, 6.07) is 1.62. The van der Waals surface area contributed by atoms with E-state index in [4.69, 9.17) is 4.74 Å². The van der Waals surface area contributed by atoms with Crippen LogP contribution in [0.25, 0.3) is 0 Å². The summed E-state index contributed by atoms with van der Waals surface area (Å²) in [6.45, 7) is 4.13. The number of ether oxygens (including phenoxy) is 2. The smallest absolute Gasteiger partial charge is 0.407 e. The summed E-state index contributed by atoms with van der Waals surface area (Å²) in [5.74, 6) is -1.34. The van der Waals surface area contributed by atoms with Crippen molar-refractivity contribution < 1.29 is 23.0 Å². The van der Waals surface area contributed by atoms with Crippen LogP contribution >= 0.6 is 0 Å². The molecule has 106 valence electrons. The van der Waals surface area contributed by atoms with Gasteiger partial charge in [-0.05, 0) is 12.5 Å². The predicted octanol–water partition coefficient (Wildman–Crippen LogP) is 2.65. The SMILES string of the molecule is CC.COC(=O)NC1COc2c(F)cc(F)cc2C1. The molecule has 0 aromatic heterocycles. The number of hydrogen-bond donors (Lipinski definition) is 1. The lowest BCUT2D eigenvalue weighted by molar-refractivity contribution is 0.155. The molecule has 0 bridgehead atoms. The van der Waals surface area contributed by atoms with Crippen molar-refractivity contribution in [2.24, 2.45) is 0 Å². The highest BCUT2D eigenvalue weighted by atomic mass is 19.1. The molecule has 1 amide bonds. The Morgan fingerprint density at radius 3 is 2.74 bits per heavy atom. The van der Waals surface area contributed by atoms with E-state index in [0.717, 1.165) is 6.07 Å². The van der Waals surface area contributed by atoms with Crippen LogP contribution < -0.4 is 10.1 Å². The fourth-order valence-corrected chi connectivity index (χ4v) is 1.75. The van der Waals surface area contributed by atoms with Crippen molar-refractivity contribution in [1.29, 1.82) is 0 Å². The molecule has 0 radical (unpaired) electrons. The minimum atomic E-state index is -0.725. The summed E-state index contributed by atoms with van der Waals surface area (Å²) in [6.07, 6.45) is -0.294. The van der Waals surface area contributed by atoms with Gasteiger partial charge in [0.25, 0.3) is 0 Å². The fraction of sp³-hybridized carbons (Fsp3) is 0.462. The first-order chi connectivity index (χ1) is 9.10. The minimum Gasteiger partial charge on any atom is -0.488 e. The van der Waals surface area contributed by atoms with E-state index >= 15 is 0 Å². The third-order valence-corrected chi connectivity index (χ3v) is 2.49. The van der Waals surface area contributed by atoms with Crippen LogP contribution in [0.3, 0.4) is 0 Å². The Bertz CT molecular complexity index is 452. The molecule has 1 aliphatic rings. The van der Waals surface area contributed by atoms with Crippen molar-refractivity contribution in [3.8, 4) is 5.75 Å². The summed E-state index contributed by atoms with van der Waals surface area (Å²) in [4.78, 5) is 11.0. The van der Waals surface area contributed by atoms with Crippen LogP contribution in [0.4, 0.5) is 13.6 Å². The molecule has 1 aromatic carbocycles. The molecule has 1 N–H and O–H groups in total. The first kappa shape index (κ1) is 15.2. The van der Waals surface area contributed by atoms with Gasteiger partial charge in [-0.25, -0.2) is 13.6 Å². The Morgan fingerprint density at radius 1 is 1.42 bits per heavy atom. The average molecular weight is 273 g/mol. The zero-order chi connectivity index (χ0) is 14.4. The zero-order valence-corrected chi connectivity index (χ0v) is 11.1. The van der Waals surface area contributed by atoms with Gasteiger partial charge < -0.3 is 14.8 Å². The van der Waals surface area contributed by atoms with Crippen molar-refractivity contribution in [3.63, 3.8) is 0 Å². The maximum atomic E-state index is 13.3. The van der Waals surface area contributed by atoms with Gasteiger partial charge in [0.15, 0.2) is 11.6 Å². The molecule has 0 saturated carbocycles. The maximum Gasteiger partial charge on any atom is 0.407 e. The molecule has 0 fully saturated rings. The molecule has 1 aromatic rings. The van der Waals surface area contributed by atoms with Crippen LogP contribution in [-0.4, -0.2) is 25.9 Å². The van der Waals surface area contributed by atoms with Gasteiger partial charge in [-0.3, -0.25) is 0 Å². The van der Waals surface area contributed by atoms with Crippen LogP contribution in [0.1, 0.15) is 19.4 Å². The lowest BCUT2D eigenvalue weighted by Gasteiger charge is -2.25. The Balaban J connectivity index is 0.000000861. The molecular weight excluding hydrogens is 256 g/mol. The van der Waals surface area contributed by atoms with Crippen molar-refractivity contribution in [2.75, 3.05) is 13.7 Å². The van der Waals surface area contributed by atoms with Crippen LogP contribution in [-0.2, 0) is 11.2 Å². The van der Waals surface area contributed by atoms with E-state index in [-0.39, 0.29) is 18.4 Å². The van der Waals surface area contributed by atoms with Gasteiger partial charge in [0.05, 0.1) is 13.2 Å². The summed E-state index contributed by atoms with van der Waals surface area (Å²) >= 11 is 0. The molecule has 0 aliphatic carbocycles. The number of hydrogen-bond acceptors (Lipinski definition) is 3. The topological polar surface area (TPSA) is 47.6 Å². The summed E-state index contributed by atoms with van der Waals surface area (Å²) in [5.41, 5.74) is 0.398. The molecule has 4 nitrogen and oxygen atoms in total. The van der Waals surface area contributed by atoms with Gasteiger partial charge >= 0.3 is 6.09 Å². The normalized spacial score (nSPS) is 16.4. The van der Waals surface area contributed by atoms with Crippen LogP contribution in [0.2, 0.25) is 0 Å². The van der Waals surface area contributed by atoms with Gasteiger partial charge in [-0.1, -0.05) is 13.8 Å². The van der Waals surface area contributed by atoms with E-state index < -0.39 is 17.7 Å². The number of rotatable bonds is 1. The van der Waals surface area contributed by atoms with E-state index in [1.165, 1.54) is 13.2 Å². The molecule has 2 rings (SSSR count). The number of benzene rings is 1. The van der Waals surface area contributed by atoms with Crippen molar-refractivity contribution in [1.82, 2.24) is 5.32 Å². The Hall–Kier alpha value is -1.85. The number of halogens is 2. The number of methoxy groups -OCH3 is 1. The summed E-state index contributed by atoms with van der Waals surface area (Å²) < 4.78 is 35.9. The second-order valence-electron chi connectivity index (χ2n) is 3.72. The minimum absolute atomic E-state index is 0.0503. The Morgan fingerprint density at radius 2 is 2.11 bits per heavy atom. The first-order valence-electron chi connectivity index (χ1n) is 6.05. The second-order valence-corrected chi connectivity index (χ2v) is 3.72. The van der Waals surface area contributed by atoms with Gasteiger partial charge in [0.2, 0.25) is 0 Å². The predicted molar refractivity (Wildman–Crippen MR) is 66.2 cm³/mol. The fourth-order valence-electron chi connectivity index (χ4n) is 1.75. The molecule has 6 heteroatoms. The molecule has 0 spiro atoms. The van der Waals surface area contributed by atoms with E-state index in [1.807, 2.05) is 13.8 Å². The number of alkyl carbamates (subject to hydrolysis) is 1. The largest absolute Gasteiger partial charge is 0.488 e. The van der Waals surface area contributed by atoms with E-state index in [0.29, 0.717) is 12.0 Å². The molecule has 1 heterocycles. The average Bonchev–Trinajstić information content (AvgIpc) is 2.40. The highest BCUT2D eigenvalue weighted by Crippen LogP contribution is 2.28.